The molecule has 0 bridgehead atoms. The highest BCUT2D eigenvalue weighted by Crippen LogP contribution is 2.21. The van der Waals surface area contributed by atoms with E-state index in [0.29, 0.717) is 5.82 Å². The number of aliphatic hydroxyl groups is 1. The molecule has 4 N–H and O–H groups in total. The molecule has 0 aromatic carbocycles. The van der Waals surface area contributed by atoms with E-state index in [-0.39, 0.29) is 29.5 Å². The number of anilines is 2. The van der Waals surface area contributed by atoms with Crippen LogP contribution in [0.1, 0.15) is 6.42 Å². The molecule has 0 aliphatic heterocycles. The van der Waals surface area contributed by atoms with Crippen molar-refractivity contribution in [2.45, 2.75) is 12.5 Å². The molecule has 6 heteroatoms. The first-order valence-electron chi connectivity index (χ1n) is 5.02. The van der Waals surface area contributed by atoms with Gasteiger partial charge < -0.3 is 16.2 Å². The second-order valence-electron chi connectivity index (χ2n) is 3.75. The van der Waals surface area contributed by atoms with Crippen LogP contribution < -0.4 is 11.1 Å². The molecule has 1 aliphatic carbocycles. The van der Waals surface area contributed by atoms with Gasteiger partial charge in [-0.25, -0.2) is 9.97 Å². The van der Waals surface area contributed by atoms with Crippen molar-refractivity contribution in [3.05, 3.63) is 23.5 Å². The summed E-state index contributed by atoms with van der Waals surface area (Å²) < 4.78 is 0. The highest BCUT2D eigenvalue weighted by Gasteiger charge is 2.18. The standard InChI is InChI=1S/C10H13ClN4O/c11-9-10(12)13-4-8(15-9)14-7-2-1-6(3-7)5-16/h1-2,4,6-7,16H,3,5H2,(H2,12,13)(H,14,15)/t6-,7+/m0/s1. The monoisotopic (exact) mass is 240 g/mol. The third-order valence-corrected chi connectivity index (χ3v) is 2.77. The number of aliphatic hydroxyl groups excluding tert-OH is 1. The Labute approximate surface area is 98.4 Å². The first-order chi connectivity index (χ1) is 7.69. The van der Waals surface area contributed by atoms with Crippen LogP contribution in [0.5, 0.6) is 0 Å². The van der Waals surface area contributed by atoms with Gasteiger partial charge in [0, 0.05) is 18.6 Å². The van der Waals surface area contributed by atoms with Crippen LogP contribution in [0, 0.1) is 5.92 Å². The lowest BCUT2D eigenvalue weighted by atomic mass is 10.1. The number of rotatable bonds is 3. The molecule has 0 saturated carbocycles. The zero-order valence-electron chi connectivity index (χ0n) is 8.60. The predicted molar refractivity (Wildman–Crippen MR) is 63.2 cm³/mol. The first kappa shape index (κ1) is 11.2. The van der Waals surface area contributed by atoms with Gasteiger partial charge in [-0.3, -0.25) is 0 Å². The van der Waals surface area contributed by atoms with Gasteiger partial charge in [0.05, 0.1) is 6.20 Å². The van der Waals surface area contributed by atoms with E-state index >= 15 is 0 Å². The Kier molecular flexibility index (Phi) is 3.26. The Morgan fingerprint density at radius 3 is 3.00 bits per heavy atom. The maximum atomic E-state index is 8.99. The molecule has 1 aromatic heterocycles. The predicted octanol–water partition coefficient (Wildman–Crippen LogP) is 1.06. The molecule has 0 radical (unpaired) electrons. The van der Waals surface area contributed by atoms with Crippen LogP contribution >= 0.6 is 11.6 Å². The van der Waals surface area contributed by atoms with Crippen molar-refractivity contribution >= 4 is 23.2 Å². The number of hydrogen-bond donors (Lipinski definition) is 3. The van der Waals surface area contributed by atoms with Crippen LogP contribution in [0.25, 0.3) is 0 Å². The van der Waals surface area contributed by atoms with Gasteiger partial charge in [0.15, 0.2) is 11.0 Å². The maximum absolute atomic E-state index is 8.99. The second kappa shape index (κ2) is 4.67. The SMILES string of the molecule is Nc1ncc(N[C@@H]2C=C[C@H](CO)C2)nc1Cl. The van der Waals surface area contributed by atoms with Gasteiger partial charge in [0.25, 0.3) is 0 Å². The fourth-order valence-electron chi connectivity index (χ4n) is 1.65. The molecule has 2 rings (SSSR count). The smallest absolute Gasteiger partial charge is 0.173 e. The molecule has 0 fully saturated rings. The summed E-state index contributed by atoms with van der Waals surface area (Å²) in [7, 11) is 0. The minimum atomic E-state index is 0.158. The number of halogens is 1. The zero-order chi connectivity index (χ0) is 11.5. The number of nitrogens with one attached hydrogen (secondary N) is 1. The highest BCUT2D eigenvalue weighted by atomic mass is 35.5. The fourth-order valence-corrected chi connectivity index (χ4v) is 1.79. The number of nitrogens with zero attached hydrogens (tertiary/aromatic N) is 2. The van der Waals surface area contributed by atoms with Crippen LogP contribution in [-0.2, 0) is 0 Å². The van der Waals surface area contributed by atoms with Crippen LogP contribution in [0.2, 0.25) is 5.15 Å². The molecule has 1 aromatic rings. The van der Waals surface area contributed by atoms with E-state index in [1.807, 2.05) is 12.2 Å². The van der Waals surface area contributed by atoms with Crippen LogP contribution in [0.15, 0.2) is 18.3 Å². The van der Waals surface area contributed by atoms with Crippen molar-refractivity contribution in [1.82, 2.24) is 9.97 Å². The van der Waals surface area contributed by atoms with Gasteiger partial charge in [-0.15, -0.1) is 0 Å². The van der Waals surface area contributed by atoms with Crippen molar-refractivity contribution < 1.29 is 5.11 Å². The van der Waals surface area contributed by atoms with Crippen molar-refractivity contribution in [2.24, 2.45) is 5.92 Å². The summed E-state index contributed by atoms with van der Waals surface area (Å²) in [6.07, 6.45) is 6.39. The summed E-state index contributed by atoms with van der Waals surface area (Å²) in [4.78, 5) is 7.96. The highest BCUT2D eigenvalue weighted by molar-refractivity contribution is 6.31. The third-order valence-electron chi connectivity index (χ3n) is 2.50. The summed E-state index contributed by atoms with van der Waals surface area (Å²) in [5, 5.41) is 12.3. The van der Waals surface area contributed by atoms with Crippen molar-refractivity contribution in [2.75, 3.05) is 17.7 Å². The molecule has 16 heavy (non-hydrogen) atoms. The lowest BCUT2D eigenvalue weighted by Gasteiger charge is -2.13. The van der Waals surface area contributed by atoms with Crippen molar-refractivity contribution in [1.29, 1.82) is 0 Å². The van der Waals surface area contributed by atoms with Crippen LogP contribution in [0.3, 0.4) is 0 Å². The van der Waals surface area contributed by atoms with E-state index in [9.17, 15) is 0 Å². The average Bonchev–Trinajstić information content (AvgIpc) is 2.71. The van der Waals surface area contributed by atoms with E-state index in [1.165, 1.54) is 0 Å². The van der Waals surface area contributed by atoms with Gasteiger partial charge in [-0.1, -0.05) is 23.8 Å². The van der Waals surface area contributed by atoms with Gasteiger partial charge in [0.1, 0.15) is 5.82 Å². The summed E-state index contributed by atoms with van der Waals surface area (Å²) in [5.41, 5.74) is 5.46. The maximum Gasteiger partial charge on any atom is 0.173 e. The number of aromatic nitrogens is 2. The number of nitrogen functional groups attached to an aromatic ring is 1. The van der Waals surface area contributed by atoms with Crippen LogP contribution in [-0.4, -0.2) is 27.7 Å². The summed E-state index contributed by atoms with van der Waals surface area (Å²) >= 11 is 5.76. The molecule has 0 spiro atoms. The molecule has 86 valence electrons. The molecule has 2 atom stereocenters. The molecule has 1 aliphatic rings. The minimum absolute atomic E-state index is 0.158. The molecule has 1 heterocycles. The Bertz CT molecular complexity index is 410. The van der Waals surface area contributed by atoms with Crippen LogP contribution in [0.4, 0.5) is 11.6 Å². The Hall–Kier alpha value is -1.33. The van der Waals surface area contributed by atoms with Gasteiger partial charge in [0.2, 0.25) is 0 Å². The van der Waals surface area contributed by atoms with E-state index in [2.05, 4.69) is 15.3 Å². The Morgan fingerprint density at radius 1 is 1.56 bits per heavy atom. The van der Waals surface area contributed by atoms with Gasteiger partial charge in [-0.05, 0) is 6.42 Å². The van der Waals surface area contributed by atoms with E-state index in [0.717, 1.165) is 6.42 Å². The number of hydrogen-bond acceptors (Lipinski definition) is 5. The van der Waals surface area contributed by atoms with E-state index in [4.69, 9.17) is 22.4 Å². The Balaban J connectivity index is 2.00. The van der Waals surface area contributed by atoms with E-state index in [1.54, 1.807) is 6.20 Å². The quantitative estimate of drug-likeness (QED) is 0.688. The molecule has 0 unspecified atom stereocenters. The second-order valence-corrected chi connectivity index (χ2v) is 4.10. The summed E-state index contributed by atoms with van der Waals surface area (Å²) in [6.45, 7) is 0.169. The van der Waals surface area contributed by atoms with Gasteiger partial charge in [-0.2, -0.15) is 0 Å². The zero-order valence-corrected chi connectivity index (χ0v) is 9.35. The topological polar surface area (TPSA) is 84.1 Å². The Morgan fingerprint density at radius 2 is 2.38 bits per heavy atom. The average molecular weight is 241 g/mol. The lowest BCUT2D eigenvalue weighted by molar-refractivity contribution is 0.250. The lowest BCUT2D eigenvalue weighted by Crippen LogP contribution is -2.17. The molecular weight excluding hydrogens is 228 g/mol. The molecule has 0 saturated heterocycles. The molecule has 0 amide bonds. The summed E-state index contributed by atoms with van der Waals surface area (Å²) in [6, 6.07) is 0.158. The third kappa shape index (κ3) is 2.43. The summed E-state index contributed by atoms with van der Waals surface area (Å²) in [5.74, 6) is 1.03. The van der Waals surface area contributed by atoms with Crippen molar-refractivity contribution in [3.8, 4) is 0 Å². The number of nitrogens with two attached hydrogens (primary N) is 1. The fraction of sp³-hybridized carbons (Fsp3) is 0.400. The van der Waals surface area contributed by atoms with Gasteiger partial charge >= 0.3 is 0 Å². The van der Waals surface area contributed by atoms with E-state index < -0.39 is 0 Å². The molecule has 5 nitrogen and oxygen atoms in total. The largest absolute Gasteiger partial charge is 0.396 e. The normalized spacial score (nSPS) is 23.6. The first-order valence-corrected chi connectivity index (χ1v) is 5.40. The van der Waals surface area contributed by atoms with Crippen molar-refractivity contribution in [3.63, 3.8) is 0 Å². The molecular formula is C10H13ClN4O. The minimum Gasteiger partial charge on any atom is -0.396 e.